The largest absolute Gasteiger partial charge is 0.482 e. The van der Waals surface area contributed by atoms with E-state index < -0.39 is 0 Å². The third-order valence-corrected chi connectivity index (χ3v) is 4.33. The lowest BCUT2D eigenvalue weighted by atomic mass is 10.1. The molecule has 7 heteroatoms. The summed E-state index contributed by atoms with van der Waals surface area (Å²) < 4.78 is 10.6. The van der Waals surface area contributed by atoms with Gasteiger partial charge in [0.15, 0.2) is 6.61 Å². The molecular formula is C17H23N3O4. The number of morpholine rings is 1. The number of anilines is 1. The van der Waals surface area contributed by atoms with Crippen LogP contribution in [0.2, 0.25) is 0 Å². The molecule has 2 atom stereocenters. The summed E-state index contributed by atoms with van der Waals surface area (Å²) in [6, 6.07) is 5.35. The van der Waals surface area contributed by atoms with Crippen molar-refractivity contribution in [1.29, 1.82) is 0 Å². The molecule has 0 spiro atoms. The smallest absolute Gasteiger partial charge is 0.262 e. The van der Waals surface area contributed by atoms with Gasteiger partial charge in [-0.15, -0.1) is 0 Å². The highest BCUT2D eigenvalue weighted by atomic mass is 16.5. The average Bonchev–Trinajstić information content (AvgIpc) is 2.61. The first-order valence-corrected chi connectivity index (χ1v) is 8.24. The molecule has 1 aromatic rings. The first-order chi connectivity index (χ1) is 11.5. The van der Waals surface area contributed by atoms with Crippen LogP contribution in [0.15, 0.2) is 18.2 Å². The zero-order chi connectivity index (χ0) is 17.1. The summed E-state index contributed by atoms with van der Waals surface area (Å²) in [5.74, 6) is 0.596. The maximum atomic E-state index is 12.5. The van der Waals surface area contributed by atoms with Crippen molar-refractivity contribution >= 4 is 17.5 Å². The first-order valence-electron chi connectivity index (χ1n) is 8.24. The summed E-state index contributed by atoms with van der Waals surface area (Å²) in [6.07, 6.45) is 0. The predicted molar refractivity (Wildman–Crippen MR) is 89.0 cm³/mol. The summed E-state index contributed by atoms with van der Waals surface area (Å²) >= 11 is 0. The lowest BCUT2D eigenvalue weighted by Gasteiger charge is -2.30. The second-order valence-electron chi connectivity index (χ2n) is 6.14. The lowest BCUT2D eigenvalue weighted by Crippen LogP contribution is -2.49. The zero-order valence-corrected chi connectivity index (χ0v) is 14.0. The van der Waals surface area contributed by atoms with E-state index in [1.165, 1.54) is 0 Å². The summed E-state index contributed by atoms with van der Waals surface area (Å²) in [5.41, 5.74) is 1.66. The van der Waals surface area contributed by atoms with E-state index in [1.807, 2.05) is 36.9 Å². The zero-order valence-electron chi connectivity index (χ0n) is 14.0. The molecule has 0 saturated carbocycles. The van der Waals surface area contributed by atoms with Gasteiger partial charge in [0.2, 0.25) is 5.91 Å². The minimum atomic E-state index is -0.292. The Balaban J connectivity index is 1.63. The van der Waals surface area contributed by atoms with Gasteiger partial charge >= 0.3 is 0 Å². The molecule has 2 aliphatic heterocycles. The Morgan fingerprint density at radius 3 is 2.79 bits per heavy atom. The van der Waals surface area contributed by atoms with Crippen LogP contribution in [-0.2, 0) is 14.3 Å². The number of fused-ring (bicyclic) bond motifs is 1. The highest BCUT2D eigenvalue weighted by Crippen LogP contribution is 2.30. The van der Waals surface area contributed by atoms with E-state index in [2.05, 4.69) is 10.6 Å². The van der Waals surface area contributed by atoms with E-state index in [0.29, 0.717) is 37.7 Å². The van der Waals surface area contributed by atoms with Crippen LogP contribution in [0.3, 0.4) is 0 Å². The van der Waals surface area contributed by atoms with Crippen molar-refractivity contribution in [3.8, 4) is 5.75 Å². The molecular weight excluding hydrogens is 310 g/mol. The predicted octanol–water partition coefficient (Wildman–Crippen LogP) is 0.915. The Kier molecular flexibility index (Phi) is 5.01. The number of amides is 2. The van der Waals surface area contributed by atoms with E-state index in [-0.39, 0.29) is 30.5 Å². The van der Waals surface area contributed by atoms with E-state index in [1.54, 1.807) is 0 Å². The van der Waals surface area contributed by atoms with Gasteiger partial charge in [0.05, 0.1) is 24.9 Å². The number of rotatable bonds is 4. The molecule has 0 aliphatic carbocycles. The summed E-state index contributed by atoms with van der Waals surface area (Å²) in [4.78, 5) is 25.7. The number of ether oxygens (including phenoxy) is 2. The van der Waals surface area contributed by atoms with Gasteiger partial charge in [0.25, 0.3) is 5.91 Å². The van der Waals surface area contributed by atoms with Gasteiger partial charge in [-0.25, -0.2) is 0 Å². The fraction of sp³-hybridized carbons (Fsp3) is 0.529. The second kappa shape index (κ2) is 7.19. The fourth-order valence-corrected chi connectivity index (χ4v) is 2.97. The maximum absolute atomic E-state index is 12.5. The van der Waals surface area contributed by atoms with Crippen LogP contribution in [-0.4, -0.2) is 55.7 Å². The van der Waals surface area contributed by atoms with Gasteiger partial charge in [-0.05, 0) is 31.5 Å². The Morgan fingerprint density at radius 1 is 1.29 bits per heavy atom. The van der Waals surface area contributed by atoms with Gasteiger partial charge in [0, 0.05) is 19.1 Å². The first kappa shape index (κ1) is 16.7. The molecule has 2 aliphatic rings. The van der Waals surface area contributed by atoms with Crippen molar-refractivity contribution in [2.75, 3.05) is 38.2 Å². The minimum absolute atomic E-state index is 0.0332. The minimum Gasteiger partial charge on any atom is -0.482 e. The number of nitrogens with zero attached hydrogens (tertiary/aromatic N) is 1. The average molecular weight is 333 g/mol. The molecule has 3 rings (SSSR count). The van der Waals surface area contributed by atoms with Crippen LogP contribution in [0, 0.1) is 0 Å². The summed E-state index contributed by atoms with van der Waals surface area (Å²) in [6.45, 7) is 6.39. The number of carbonyl (C=O) groups is 2. The van der Waals surface area contributed by atoms with Crippen LogP contribution in [0.4, 0.5) is 5.69 Å². The molecule has 2 heterocycles. The molecule has 130 valence electrons. The number of benzene rings is 1. The van der Waals surface area contributed by atoms with Crippen LogP contribution in [0.25, 0.3) is 0 Å². The third-order valence-electron chi connectivity index (χ3n) is 4.33. The quantitative estimate of drug-likeness (QED) is 0.856. The van der Waals surface area contributed by atoms with Crippen molar-refractivity contribution in [2.45, 2.75) is 25.9 Å². The Hall–Kier alpha value is -2.12. The van der Waals surface area contributed by atoms with Crippen molar-refractivity contribution < 1.29 is 19.1 Å². The topological polar surface area (TPSA) is 79.9 Å². The molecule has 2 amide bonds. The summed E-state index contributed by atoms with van der Waals surface area (Å²) in [5, 5.41) is 6.13. The van der Waals surface area contributed by atoms with Gasteiger partial charge in [0.1, 0.15) is 5.75 Å². The van der Waals surface area contributed by atoms with Gasteiger partial charge < -0.3 is 19.7 Å². The third kappa shape index (κ3) is 3.68. The Morgan fingerprint density at radius 2 is 2.04 bits per heavy atom. The highest BCUT2D eigenvalue weighted by molar-refractivity contribution is 5.95. The Bertz CT molecular complexity index is 628. The number of hydrogen-bond acceptors (Lipinski definition) is 5. The van der Waals surface area contributed by atoms with Crippen molar-refractivity contribution in [3.05, 3.63) is 23.8 Å². The van der Waals surface area contributed by atoms with Crippen LogP contribution < -0.4 is 15.4 Å². The lowest BCUT2D eigenvalue weighted by molar-refractivity contribution is -0.137. The molecule has 1 aromatic carbocycles. The standard InChI is InChI=1S/C17H23N3O4/c1-11(18-12(2)17(22)20-5-7-23-8-6-20)13-3-4-15-14(9-13)19-16(21)10-24-15/h3-4,9,11-12,18H,5-8,10H2,1-2H3,(H,19,21)/t11-,12-/m1/s1. The van der Waals surface area contributed by atoms with Crippen molar-refractivity contribution in [2.24, 2.45) is 0 Å². The maximum Gasteiger partial charge on any atom is 0.262 e. The normalized spacial score (nSPS) is 19.8. The molecule has 0 aromatic heterocycles. The molecule has 0 radical (unpaired) electrons. The molecule has 24 heavy (non-hydrogen) atoms. The van der Waals surface area contributed by atoms with Crippen LogP contribution >= 0.6 is 0 Å². The molecule has 1 saturated heterocycles. The van der Waals surface area contributed by atoms with E-state index in [9.17, 15) is 9.59 Å². The number of nitrogens with one attached hydrogen (secondary N) is 2. The number of carbonyl (C=O) groups excluding carboxylic acids is 2. The van der Waals surface area contributed by atoms with Gasteiger partial charge in [-0.1, -0.05) is 6.07 Å². The SMILES string of the molecule is C[C@@H](N[C@H](C)c1ccc2c(c1)NC(=O)CO2)C(=O)N1CCOCC1. The second-order valence-corrected chi connectivity index (χ2v) is 6.14. The van der Waals surface area contributed by atoms with Crippen LogP contribution in [0.1, 0.15) is 25.5 Å². The van der Waals surface area contributed by atoms with Crippen LogP contribution in [0.5, 0.6) is 5.75 Å². The van der Waals surface area contributed by atoms with E-state index >= 15 is 0 Å². The van der Waals surface area contributed by atoms with E-state index in [4.69, 9.17) is 9.47 Å². The fourth-order valence-electron chi connectivity index (χ4n) is 2.97. The van der Waals surface area contributed by atoms with Crippen molar-refractivity contribution in [3.63, 3.8) is 0 Å². The monoisotopic (exact) mass is 333 g/mol. The molecule has 1 fully saturated rings. The van der Waals surface area contributed by atoms with Crippen molar-refractivity contribution in [1.82, 2.24) is 10.2 Å². The molecule has 0 bridgehead atoms. The molecule has 0 unspecified atom stereocenters. The summed E-state index contributed by atoms with van der Waals surface area (Å²) in [7, 11) is 0. The Labute approximate surface area is 141 Å². The van der Waals surface area contributed by atoms with Gasteiger partial charge in [-0.2, -0.15) is 0 Å². The number of hydrogen-bond donors (Lipinski definition) is 2. The highest BCUT2D eigenvalue weighted by Gasteiger charge is 2.24. The molecule has 7 nitrogen and oxygen atoms in total. The van der Waals surface area contributed by atoms with Gasteiger partial charge in [-0.3, -0.25) is 14.9 Å². The molecule has 2 N–H and O–H groups in total. The van der Waals surface area contributed by atoms with E-state index in [0.717, 1.165) is 5.56 Å².